The topological polar surface area (TPSA) is 78.9 Å². The van der Waals surface area contributed by atoms with Gasteiger partial charge in [0.15, 0.2) is 0 Å². The highest BCUT2D eigenvalue weighted by Crippen LogP contribution is 2.30. The van der Waals surface area contributed by atoms with E-state index in [4.69, 9.17) is 5.10 Å². The van der Waals surface area contributed by atoms with Crippen molar-refractivity contribution in [1.29, 1.82) is 5.26 Å². The van der Waals surface area contributed by atoms with Crippen molar-refractivity contribution in [3.05, 3.63) is 78.0 Å². The van der Waals surface area contributed by atoms with E-state index < -0.39 is 0 Å². The number of para-hydroxylation sites is 1. The van der Waals surface area contributed by atoms with Gasteiger partial charge >= 0.3 is 0 Å². The van der Waals surface area contributed by atoms with Crippen molar-refractivity contribution in [1.82, 2.24) is 14.2 Å². The molecule has 0 fully saturated rings. The molecule has 0 saturated carbocycles. The van der Waals surface area contributed by atoms with Crippen molar-refractivity contribution in [2.75, 3.05) is 11.7 Å². The van der Waals surface area contributed by atoms with Gasteiger partial charge in [0.1, 0.15) is 27.4 Å². The lowest BCUT2D eigenvalue weighted by Crippen LogP contribution is -1.93. The van der Waals surface area contributed by atoms with Gasteiger partial charge in [-0.3, -0.25) is 5.43 Å². The summed E-state index contributed by atoms with van der Waals surface area (Å²) in [6.07, 6.45) is 5.55. The molecule has 142 valence electrons. The summed E-state index contributed by atoms with van der Waals surface area (Å²) in [6, 6.07) is 22.1. The molecule has 0 amide bonds. The Balaban J connectivity index is 1.67. The van der Waals surface area contributed by atoms with Gasteiger partial charge in [-0.15, -0.1) is 11.8 Å². The maximum Gasteiger partial charge on any atom is 0.148 e. The van der Waals surface area contributed by atoms with Gasteiger partial charge < -0.3 is 0 Å². The lowest BCUT2D eigenvalue weighted by Gasteiger charge is -2.00. The van der Waals surface area contributed by atoms with Crippen LogP contribution in [0, 0.1) is 11.3 Å². The van der Waals surface area contributed by atoms with Gasteiger partial charge in [-0.2, -0.15) is 19.8 Å². The average Bonchev–Trinajstić information content (AvgIpc) is 3.39. The van der Waals surface area contributed by atoms with Crippen molar-refractivity contribution in [2.24, 2.45) is 5.10 Å². The molecule has 4 aromatic rings. The van der Waals surface area contributed by atoms with Crippen LogP contribution in [-0.2, 0) is 0 Å². The Morgan fingerprint density at radius 1 is 1.14 bits per heavy atom. The first-order chi connectivity index (χ1) is 14.3. The minimum absolute atomic E-state index is 0.517. The Bertz CT molecular complexity index is 1170. The molecule has 0 radical (unpaired) electrons. The third kappa shape index (κ3) is 4.06. The number of nitrogens with zero attached hydrogens (tertiary/aromatic N) is 5. The molecule has 0 bridgehead atoms. The summed E-state index contributed by atoms with van der Waals surface area (Å²) in [5, 5.41) is 19.8. The Morgan fingerprint density at radius 3 is 2.55 bits per heavy atom. The first kappa shape index (κ1) is 18.9. The second-order valence-electron chi connectivity index (χ2n) is 5.96. The van der Waals surface area contributed by atoms with Crippen LogP contribution in [0.2, 0.25) is 0 Å². The van der Waals surface area contributed by atoms with Crippen LogP contribution >= 0.6 is 23.3 Å². The zero-order chi connectivity index (χ0) is 20.1. The number of rotatable bonds is 6. The fourth-order valence-electron chi connectivity index (χ4n) is 2.77. The number of nitriles is 1. The molecule has 2 heterocycles. The maximum absolute atomic E-state index is 9.36. The summed E-state index contributed by atoms with van der Waals surface area (Å²) >= 11 is 2.67. The van der Waals surface area contributed by atoms with Gasteiger partial charge in [0, 0.05) is 17.3 Å². The van der Waals surface area contributed by atoms with E-state index in [1.165, 1.54) is 23.3 Å². The zero-order valence-electron chi connectivity index (χ0n) is 15.5. The standard InChI is InChI=1S/C21H16N6S2/c1-28-21-18(12-22)20(29-26-21)24-23-13-16-14-27(17-10-6-3-7-11-17)25-19(16)15-8-4-2-5-9-15/h2-11,13-14,24H,1H3. The largest absolute Gasteiger partial charge is 0.266 e. The summed E-state index contributed by atoms with van der Waals surface area (Å²) in [5.74, 6) is 0. The van der Waals surface area contributed by atoms with E-state index >= 15 is 0 Å². The van der Waals surface area contributed by atoms with E-state index in [0.29, 0.717) is 15.6 Å². The number of aromatic nitrogens is 3. The van der Waals surface area contributed by atoms with Crippen LogP contribution < -0.4 is 5.43 Å². The predicted molar refractivity (Wildman–Crippen MR) is 119 cm³/mol. The number of nitrogens with one attached hydrogen (secondary N) is 1. The highest BCUT2D eigenvalue weighted by Gasteiger charge is 2.13. The van der Waals surface area contributed by atoms with Crippen LogP contribution in [0.4, 0.5) is 5.00 Å². The minimum atomic E-state index is 0.517. The van der Waals surface area contributed by atoms with E-state index in [0.717, 1.165) is 22.5 Å². The number of thioether (sulfide) groups is 1. The lowest BCUT2D eigenvalue weighted by molar-refractivity contribution is 0.884. The highest BCUT2D eigenvalue weighted by molar-refractivity contribution is 7.98. The molecule has 0 aliphatic carbocycles. The second kappa shape index (κ2) is 8.73. The van der Waals surface area contributed by atoms with Crippen LogP contribution in [0.5, 0.6) is 0 Å². The molecule has 8 heteroatoms. The molecule has 1 N–H and O–H groups in total. The Morgan fingerprint density at radius 2 is 1.86 bits per heavy atom. The zero-order valence-corrected chi connectivity index (χ0v) is 17.1. The quantitative estimate of drug-likeness (QED) is 0.271. The van der Waals surface area contributed by atoms with Crippen molar-refractivity contribution < 1.29 is 0 Å². The van der Waals surface area contributed by atoms with Gasteiger partial charge in [-0.05, 0) is 29.9 Å². The van der Waals surface area contributed by atoms with Gasteiger partial charge in [0.25, 0.3) is 0 Å². The fourth-order valence-corrected chi connectivity index (χ4v) is 4.18. The molecule has 2 aromatic heterocycles. The fraction of sp³-hybridized carbons (Fsp3) is 0.0476. The van der Waals surface area contributed by atoms with Crippen LogP contribution in [-0.4, -0.2) is 26.6 Å². The van der Waals surface area contributed by atoms with Crippen molar-refractivity contribution in [2.45, 2.75) is 5.03 Å². The minimum Gasteiger partial charge on any atom is -0.266 e. The number of hydrogen-bond donors (Lipinski definition) is 1. The first-order valence-electron chi connectivity index (χ1n) is 8.73. The van der Waals surface area contributed by atoms with Gasteiger partial charge in [0.05, 0.1) is 11.9 Å². The molecule has 2 aromatic carbocycles. The molecule has 0 aliphatic rings. The summed E-state index contributed by atoms with van der Waals surface area (Å²) in [4.78, 5) is 0. The van der Waals surface area contributed by atoms with E-state index in [1.54, 1.807) is 6.21 Å². The number of hydrazone groups is 1. The lowest BCUT2D eigenvalue weighted by atomic mass is 10.1. The molecule has 0 saturated heterocycles. The SMILES string of the molecule is CSc1nsc(NN=Cc2cn(-c3ccccc3)nc2-c2ccccc2)c1C#N. The van der Waals surface area contributed by atoms with Crippen molar-refractivity contribution >= 4 is 34.5 Å². The van der Waals surface area contributed by atoms with Gasteiger partial charge in [0.2, 0.25) is 0 Å². The Kier molecular flexibility index (Phi) is 5.70. The second-order valence-corrected chi connectivity index (χ2v) is 7.53. The smallest absolute Gasteiger partial charge is 0.148 e. The molecule has 0 atom stereocenters. The molecule has 29 heavy (non-hydrogen) atoms. The van der Waals surface area contributed by atoms with Crippen molar-refractivity contribution in [3.8, 4) is 23.0 Å². The molecule has 0 aliphatic heterocycles. The molecular weight excluding hydrogens is 400 g/mol. The highest BCUT2D eigenvalue weighted by atomic mass is 32.2. The van der Waals surface area contributed by atoms with Crippen LogP contribution in [0.15, 0.2) is 77.0 Å². The van der Waals surface area contributed by atoms with Crippen LogP contribution in [0.3, 0.4) is 0 Å². The Hall–Kier alpha value is -3.41. The molecule has 0 spiro atoms. The van der Waals surface area contributed by atoms with Gasteiger partial charge in [-0.25, -0.2) is 4.68 Å². The van der Waals surface area contributed by atoms with E-state index in [2.05, 4.69) is 21.0 Å². The third-order valence-electron chi connectivity index (χ3n) is 4.15. The molecule has 6 nitrogen and oxygen atoms in total. The predicted octanol–water partition coefficient (Wildman–Crippen LogP) is 5.04. The normalized spacial score (nSPS) is 10.9. The molecule has 4 rings (SSSR count). The summed E-state index contributed by atoms with van der Waals surface area (Å²) in [5.41, 5.74) is 7.13. The number of hydrogen-bond acceptors (Lipinski definition) is 7. The molecule has 0 unspecified atom stereocenters. The van der Waals surface area contributed by atoms with Crippen LogP contribution in [0.25, 0.3) is 16.9 Å². The monoisotopic (exact) mass is 416 g/mol. The summed E-state index contributed by atoms with van der Waals surface area (Å²) < 4.78 is 6.11. The van der Waals surface area contributed by atoms with Crippen molar-refractivity contribution in [3.63, 3.8) is 0 Å². The Labute approximate surface area is 176 Å². The number of anilines is 1. The number of benzene rings is 2. The van der Waals surface area contributed by atoms with Gasteiger partial charge in [-0.1, -0.05) is 48.5 Å². The maximum atomic E-state index is 9.36. The van der Waals surface area contributed by atoms with Crippen LogP contribution in [0.1, 0.15) is 11.1 Å². The van der Waals surface area contributed by atoms with E-state index in [9.17, 15) is 5.26 Å². The molecular formula is C21H16N6S2. The summed E-state index contributed by atoms with van der Waals surface area (Å²) in [6.45, 7) is 0. The first-order valence-corrected chi connectivity index (χ1v) is 10.7. The average molecular weight is 417 g/mol. The van der Waals surface area contributed by atoms with E-state index in [1.807, 2.05) is 77.8 Å². The van der Waals surface area contributed by atoms with E-state index in [-0.39, 0.29) is 0 Å². The third-order valence-corrected chi connectivity index (χ3v) is 5.70. The summed E-state index contributed by atoms with van der Waals surface area (Å²) in [7, 11) is 0.